The monoisotopic (exact) mass is 358 g/mol. The van der Waals surface area contributed by atoms with Crippen molar-refractivity contribution in [3.8, 4) is 0 Å². The van der Waals surface area contributed by atoms with Gasteiger partial charge in [-0.1, -0.05) is 12.1 Å². The van der Waals surface area contributed by atoms with Crippen LogP contribution in [0.3, 0.4) is 0 Å². The van der Waals surface area contributed by atoms with Gasteiger partial charge in [-0.25, -0.2) is 4.79 Å². The molecule has 3 rings (SSSR count). The van der Waals surface area contributed by atoms with Crippen LogP contribution in [0, 0.1) is 11.3 Å². The summed E-state index contributed by atoms with van der Waals surface area (Å²) in [6.45, 7) is 7.13. The lowest BCUT2D eigenvalue weighted by atomic mass is 9.75. The van der Waals surface area contributed by atoms with E-state index in [-0.39, 0.29) is 11.9 Å². The number of aliphatic carboxylic acids is 1. The van der Waals surface area contributed by atoms with E-state index in [4.69, 9.17) is 0 Å². The first-order valence-electron chi connectivity index (χ1n) is 9.03. The Kier molecular flexibility index (Phi) is 5.56. The Balaban J connectivity index is 1.66. The molecule has 0 bridgehead atoms. The van der Waals surface area contributed by atoms with Crippen LogP contribution in [-0.4, -0.2) is 64.6 Å². The van der Waals surface area contributed by atoms with Gasteiger partial charge in [-0.3, -0.25) is 14.7 Å². The average Bonchev–Trinajstić information content (AvgIpc) is 2.88. The number of rotatable bonds is 5. The first kappa shape index (κ1) is 18.4. The van der Waals surface area contributed by atoms with Gasteiger partial charge in [0.05, 0.1) is 5.41 Å². The van der Waals surface area contributed by atoms with Gasteiger partial charge in [0.2, 0.25) is 0 Å². The lowest BCUT2D eigenvalue weighted by Crippen LogP contribution is -2.45. The van der Waals surface area contributed by atoms with Gasteiger partial charge in [0.15, 0.2) is 0 Å². The number of urea groups is 1. The zero-order chi connectivity index (χ0) is 18.6. The summed E-state index contributed by atoms with van der Waals surface area (Å²) in [6.07, 6.45) is 6.53. The third-order valence-electron chi connectivity index (χ3n) is 5.52. The van der Waals surface area contributed by atoms with Crippen molar-refractivity contribution in [1.29, 1.82) is 0 Å². The van der Waals surface area contributed by atoms with Gasteiger partial charge in [0.25, 0.3) is 0 Å². The van der Waals surface area contributed by atoms with E-state index in [1.807, 2.05) is 12.1 Å². The second-order valence-corrected chi connectivity index (χ2v) is 7.21. The molecule has 0 aliphatic carbocycles. The number of carbonyl (C=O) groups excluding carboxylic acids is 1. The number of hydrogen-bond donors (Lipinski definition) is 2. The highest BCUT2D eigenvalue weighted by atomic mass is 16.4. The number of fused-ring (bicyclic) bond motifs is 1. The van der Waals surface area contributed by atoms with Crippen LogP contribution in [0.2, 0.25) is 0 Å². The van der Waals surface area contributed by atoms with E-state index < -0.39 is 11.4 Å². The smallest absolute Gasteiger partial charge is 0.317 e. The van der Waals surface area contributed by atoms with Crippen molar-refractivity contribution >= 4 is 12.0 Å². The Morgan fingerprint density at radius 2 is 2.31 bits per heavy atom. The molecule has 0 aromatic carbocycles. The molecule has 2 aliphatic heterocycles. The van der Waals surface area contributed by atoms with Crippen molar-refractivity contribution in [2.24, 2.45) is 11.3 Å². The summed E-state index contributed by atoms with van der Waals surface area (Å²) < 4.78 is 0. The van der Waals surface area contributed by atoms with Crippen molar-refractivity contribution < 1.29 is 14.7 Å². The maximum absolute atomic E-state index is 12.6. The summed E-state index contributed by atoms with van der Waals surface area (Å²) in [5, 5.41) is 12.8. The molecule has 0 saturated carbocycles. The molecular formula is C19H26N4O3. The van der Waals surface area contributed by atoms with Crippen LogP contribution in [0.4, 0.5) is 4.79 Å². The average molecular weight is 358 g/mol. The van der Waals surface area contributed by atoms with Crippen LogP contribution in [0.1, 0.15) is 18.4 Å². The van der Waals surface area contributed by atoms with Gasteiger partial charge >= 0.3 is 12.0 Å². The van der Waals surface area contributed by atoms with Crippen molar-refractivity contribution in [3.05, 3.63) is 42.7 Å². The summed E-state index contributed by atoms with van der Waals surface area (Å²) in [5.41, 5.74) is 0.176. The van der Waals surface area contributed by atoms with Gasteiger partial charge in [-0.2, -0.15) is 0 Å². The highest BCUT2D eigenvalue weighted by molar-refractivity contribution is 5.77. The fourth-order valence-electron chi connectivity index (χ4n) is 4.18. The SMILES string of the molecule is C=CCN1C[C@@H]2CN(C(=O)NCc3cccnc3)CCC[C@]2(C(=O)O)C1. The Morgan fingerprint density at radius 1 is 1.46 bits per heavy atom. The molecule has 26 heavy (non-hydrogen) atoms. The molecule has 140 valence electrons. The normalized spacial score (nSPS) is 26.0. The Bertz CT molecular complexity index is 666. The third kappa shape index (κ3) is 3.72. The quantitative estimate of drug-likeness (QED) is 0.781. The number of pyridine rings is 1. The Morgan fingerprint density at radius 3 is 3.00 bits per heavy atom. The van der Waals surface area contributed by atoms with Crippen LogP contribution in [0.5, 0.6) is 0 Å². The predicted octanol–water partition coefficient (Wildman–Crippen LogP) is 1.58. The number of nitrogens with zero attached hydrogens (tertiary/aromatic N) is 3. The van der Waals surface area contributed by atoms with Gasteiger partial charge < -0.3 is 15.3 Å². The number of hydrogen-bond acceptors (Lipinski definition) is 4. The van der Waals surface area contributed by atoms with Crippen molar-refractivity contribution in [2.75, 3.05) is 32.7 Å². The molecule has 2 N–H and O–H groups in total. The number of carboxylic acids is 1. The molecule has 1 aromatic rings. The van der Waals surface area contributed by atoms with E-state index in [1.54, 1.807) is 23.4 Å². The van der Waals surface area contributed by atoms with Crippen molar-refractivity contribution in [1.82, 2.24) is 20.1 Å². The van der Waals surface area contributed by atoms with E-state index in [0.717, 1.165) is 5.56 Å². The fraction of sp³-hybridized carbons (Fsp3) is 0.526. The number of carboxylic acid groups (broad SMARTS) is 1. The summed E-state index contributed by atoms with van der Waals surface area (Å²) in [5.74, 6) is -0.807. The molecule has 0 spiro atoms. The van der Waals surface area contributed by atoms with Crippen LogP contribution in [0.15, 0.2) is 37.2 Å². The number of likely N-dealkylation sites (tertiary alicyclic amines) is 2. The summed E-state index contributed by atoms with van der Waals surface area (Å²) in [7, 11) is 0. The molecule has 2 atom stereocenters. The fourth-order valence-corrected chi connectivity index (χ4v) is 4.18. The molecule has 2 amide bonds. The molecule has 2 saturated heterocycles. The number of nitrogens with one attached hydrogen (secondary N) is 1. The Labute approximate surface area is 153 Å². The second kappa shape index (κ2) is 7.86. The third-order valence-corrected chi connectivity index (χ3v) is 5.52. The minimum atomic E-state index is -0.763. The minimum absolute atomic E-state index is 0.0633. The molecule has 0 unspecified atom stereocenters. The van der Waals surface area contributed by atoms with Crippen molar-refractivity contribution in [2.45, 2.75) is 19.4 Å². The number of carbonyl (C=O) groups is 2. The maximum Gasteiger partial charge on any atom is 0.317 e. The lowest BCUT2D eigenvalue weighted by molar-refractivity contribution is -0.150. The van der Waals surface area contributed by atoms with Crippen LogP contribution in [0.25, 0.3) is 0 Å². The summed E-state index contributed by atoms with van der Waals surface area (Å²) in [4.78, 5) is 32.6. The zero-order valence-electron chi connectivity index (χ0n) is 14.9. The topological polar surface area (TPSA) is 85.8 Å². The van der Waals surface area contributed by atoms with Crippen LogP contribution < -0.4 is 5.32 Å². The van der Waals surface area contributed by atoms with Gasteiger partial charge in [-0.15, -0.1) is 6.58 Å². The molecule has 0 radical (unpaired) electrons. The number of amides is 2. The van der Waals surface area contributed by atoms with Crippen LogP contribution in [-0.2, 0) is 11.3 Å². The maximum atomic E-state index is 12.6. The molecule has 2 fully saturated rings. The largest absolute Gasteiger partial charge is 0.481 e. The molecule has 7 heteroatoms. The molecule has 1 aromatic heterocycles. The first-order chi connectivity index (χ1) is 12.5. The van der Waals surface area contributed by atoms with E-state index in [1.165, 1.54) is 0 Å². The highest BCUT2D eigenvalue weighted by Crippen LogP contribution is 2.42. The van der Waals surface area contributed by atoms with Crippen LogP contribution >= 0.6 is 0 Å². The minimum Gasteiger partial charge on any atom is -0.481 e. The lowest BCUT2D eigenvalue weighted by Gasteiger charge is -2.29. The zero-order valence-corrected chi connectivity index (χ0v) is 14.9. The molecule has 7 nitrogen and oxygen atoms in total. The van der Waals surface area contributed by atoms with Gasteiger partial charge in [-0.05, 0) is 24.5 Å². The van der Waals surface area contributed by atoms with E-state index >= 15 is 0 Å². The second-order valence-electron chi connectivity index (χ2n) is 7.21. The van der Waals surface area contributed by atoms with Gasteiger partial charge in [0, 0.05) is 57.6 Å². The highest BCUT2D eigenvalue weighted by Gasteiger charge is 2.53. The number of aromatic nitrogens is 1. The van der Waals surface area contributed by atoms with Gasteiger partial charge in [0.1, 0.15) is 0 Å². The Hall–Kier alpha value is -2.41. The summed E-state index contributed by atoms with van der Waals surface area (Å²) >= 11 is 0. The molecule has 2 aliphatic rings. The standard InChI is InChI=1S/C19H26N4O3/c1-2-8-22-12-16-13-23(9-4-6-19(16,14-22)17(24)25)18(26)21-11-15-5-3-7-20-10-15/h2-3,5,7,10,16H,1,4,6,8-9,11-14H2,(H,21,26)(H,24,25)/t16-,19+/m1/s1. The first-order valence-corrected chi connectivity index (χ1v) is 9.03. The van der Waals surface area contributed by atoms with E-state index in [9.17, 15) is 14.7 Å². The van der Waals surface area contributed by atoms with E-state index in [2.05, 4.69) is 21.8 Å². The predicted molar refractivity (Wildman–Crippen MR) is 97.5 cm³/mol. The molecule has 3 heterocycles. The van der Waals surface area contributed by atoms with E-state index in [0.29, 0.717) is 52.1 Å². The summed E-state index contributed by atoms with van der Waals surface area (Å²) in [6, 6.07) is 3.61. The van der Waals surface area contributed by atoms with Crippen molar-refractivity contribution in [3.63, 3.8) is 0 Å². The molecular weight excluding hydrogens is 332 g/mol.